The summed E-state index contributed by atoms with van der Waals surface area (Å²) in [5.41, 5.74) is 0.559. The Kier molecular flexibility index (Phi) is 4.89. The van der Waals surface area contributed by atoms with Gasteiger partial charge in [0, 0.05) is 12.7 Å². The number of carbonyl (C=O) groups is 1. The molecule has 1 atom stereocenters. The molecule has 0 radical (unpaired) electrons. The molecular formula is C13H16FN5OS. The molecule has 0 fully saturated rings. The molecule has 0 unspecified atom stereocenters. The van der Waals surface area contributed by atoms with Gasteiger partial charge < -0.3 is 5.32 Å². The first-order valence-electron chi connectivity index (χ1n) is 6.43. The maximum absolute atomic E-state index is 12.9. The lowest BCUT2D eigenvalue weighted by Crippen LogP contribution is -2.30. The van der Waals surface area contributed by atoms with Gasteiger partial charge in [-0.2, -0.15) is 0 Å². The maximum atomic E-state index is 12.9. The third kappa shape index (κ3) is 4.01. The number of rotatable bonds is 5. The SMILES string of the molecule is CC(C)[C@H](Sc1nnnn1C)C(=O)Nc1ccc(F)cc1. The second-order valence-electron chi connectivity index (χ2n) is 4.86. The van der Waals surface area contributed by atoms with Crippen LogP contribution in [0.25, 0.3) is 0 Å². The van der Waals surface area contributed by atoms with E-state index in [1.54, 1.807) is 7.05 Å². The van der Waals surface area contributed by atoms with E-state index < -0.39 is 0 Å². The molecule has 1 aromatic carbocycles. The summed E-state index contributed by atoms with van der Waals surface area (Å²) in [5, 5.41) is 14.2. The van der Waals surface area contributed by atoms with Gasteiger partial charge in [-0.15, -0.1) is 5.10 Å². The average molecular weight is 309 g/mol. The van der Waals surface area contributed by atoms with Gasteiger partial charge in [0.05, 0.1) is 5.25 Å². The van der Waals surface area contributed by atoms with Gasteiger partial charge in [0.15, 0.2) is 0 Å². The van der Waals surface area contributed by atoms with Gasteiger partial charge in [0.1, 0.15) is 5.82 Å². The lowest BCUT2D eigenvalue weighted by atomic mass is 10.1. The van der Waals surface area contributed by atoms with Gasteiger partial charge >= 0.3 is 0 Å². The minimum atomic E-state index is -0.347. The molecule has 1 heterocycles. The minimum Gasteiger partial charge on any atom is -0.325 e. The zero-order chi connectivity index (χ0) is 15.4. The van der Waals surface area contributed by atoms with Crippen molar-refractivity contribution in [2.45, 2.75) is 24.3 Å². The molecule has 2 aromatic rings. The largest absolute Gasteiger partial charge is 0.325 e. The van der Waals surface area contributed by atoms with Gasteiger partial charge in [-0.05, 0) is 40.6 Å². The van der Waals surface area contributed by atoms with E-state index in [1.807, 2.05) is 13.8 Å². The smallest absolute Gasteiger partial charge is 0.238 e. The van der Waals surface area contributed by atoms with Crippen LogP contribution in [0.4, 0.5) is 10.1 Å². The highest BCUT2D eigenvalue weighted by Gasteiger charge is 2.25. The number of carbonyl (C=O) groups excluding carboxylic acids is 1. The number of tetrazole rings is 1. The number of anilines is 1. The number of amides is 1. The molecule has 0 saturated heterocycles. The second-order valence-corrected chi connectivity index (χ2v) is 5.97. The molecular weight excluding hydrogens is 293 g/mol. The van der Waals surface area contributed by atoms with Gasteiger partial charge in [-0.25, -0.2) is 9.07 Å². The Morgan fingerprint density at radius 3 is 2.52 bits per heavy atom. The lowest BCUT2D eigenvalue weighted by molar-refractivity contribution is -0.116. The number of aromatic nitrogens is 4. The number of nitrogens with zero attached hydrogens (tertiary/aromatic N) is 4. The zero-order valence-corrected chi connectivity index (χ0v) is 12.8. The Hall–Kier alpha value is -1.96. The Bertz CT molecular complexity index is 613. The van der Waals surface area contributed by atoms with Crippen LogP contribution in [-0.4, -0.2) is 31.4 Å². The van der Waals surface area contributed by atoms with Gasteiger partial charge in [0.25, 0.3) is 0 Å². The Morgan fingerprint density at radius 2 is 2.00 bits per heavy atom. The van der Waals surface area contributed by atoms with Crippen LogP contribution in [0.3, 0.4) is 0 Å². The summed E-state index contributed by atoms with van der Waals surface area (Å²) in [4.78, 5) is 12.4. The van der Waals surface area contributed by atoms with Crippen molar-refractivity contribution in [3.63, 3.8) is 0 Å². The van der Waals surface area contributed by atoms with Crippen LogP contribution >= 0.6 is 11.8 Å². The topological polar surface area (TPSA) is 72.7 Å². The summed E-state index contributed by atoms with van der Waals surface area (Å²) in [7, 11) is 1.72. The molecule has 21 heavy (non-hydrogen) atoms. The molecule has 0 aliphatic carbocycles. The molecule has 2 rings (SSSR count). The van der Waals surface area contributed by atoms with Gasteiger partial charge in [-0.3, -0.25) is 4.79 Å². The molecule has 0 aliphatic rings. The van der Waals surface area contributed by atoms with E-state index in [9.17, 15) is 9.18 Å². The van der Waals surface area contributed by atoms with Gasteiger partial charge in [0.2, 0.25) is 11.1 Å². The quantitative estimate of drug-likeness (QED) is 0.856. The molecule has 8 heteroatoms. The van der Waals surface area contributed by atoms with Crippen LogP contribution in [-0.2, 0) is 11.8 Å². The number of hydrogen-bond donors (Lipinski definition) is 1. The van der Waals surface area contributed by atoms with Crippen LogP contribution in [0, 0.1) is 11.7 Å². The van der Waals surface area contributed by atoms with Crippen molar-refractivity contribution in [1.82, 2.24) is 20.2 Å². The fourth-order valence-electron chi connectivity index (χ4n) is 1.67. The summed E-state index contributed by atoms with van der Waals surface area (Å²) in [5.74, 6) is -0.412. The minimum absolute atomic E-state index is 0.0900. The van der Waals surface area contributed by atoms with E-state index in [1.165, 1.54) is 40.7 Å². The highest BCUT2D eigenvalue weighted by Crippen LogP contribution is 2.27. The van der Waals surface area contributed by atoms with Crippen LogP contribution < -0.4 is 5.32 Å². The van der Waals surface area contributed by atoms with Crippen molar-refractivity contribution in [1.29, 1.82) is 0 Å². The third-order valence-electron chi connectivity index (χ3n) is 2.79. The lowest BCUT2D eigenvalue weighted by Gasteiger charge is -2.18. The molecule has 0 aliphatic heterocycles. The van der Waals surface area contributed by atoms with E-state index in [0.29, 0.717) is 10.8 Å². The number of halogens is 1. The zero-order valence-electron chi connectivity index (χ0n) is 11.9. The van der Waals surface area contributed by atoms with Crippen molar-refractivity contribution in [3.8, 4) is 0 Å². The second kappa shape index (κ2) is 6.66. The predicted octanol–water partition coefficient (Wildman–Crippen LogP) is 2.10. The molecule has 1 amide bonds. The Morgan fingerprint density at radius 1 is 1.33 bits per heavy atom. The van der Waals surface area contributed by atoms with Crippen molar-refractivity contribution in [2.24, 2.45) is 13.0 Å². The standard InChI is InChI=1S/C13H16FN5OS/c1-8(2)11(21-13-16-17-18-19(13)3)12(20)15-10-6-4-9(14)5-7-10/h4-8,11H,1-3H3,(H,15,20)/t11-/m0/s1. The molecule has 1 N–H and O–H groups in total. The van der Waals surface area contributed by atoms with Gasteiger partial charge in [-0.1, -0.05) is 25.6 Å². The monoisotopic (exact) mass is 309 g/mol. The summed E-state index contributed by atoms with van der Waals surface area (Å²) in [6.45, 7) is 3.90. The predicted molar refractivity (Wildman–Crippen MR) is 78.3 cm³/mol. The molecule has 0 saturated carbocycles. The van der Waals surface area contributed by atoms with E-state index >= 15 is 0 Å². The first-order chi connectivity index (χ1) is 9.97. The van der Waals surface area contributed by atoms with Crippen LogP contribution in [0.5, 0.6) is 0 Å². The Balaban J connectivity index is 2.09. The van der Waals surface area contributed by atoms with E-state index in [2.05, 4.69) is 20.8 Å². The highest BCUT2D eigenvalue weighted by atomic mass is 32.2. The van der Waals surface area contributed by atoms with Crippen molar-refractivity contribution >= 4 is 23.4 Å². The summed E-state index contributed by atoms with van der Waals surface area (Å²) in [6, 6.07) is 5.66. The molecule has 0 bridgehead atoms. The van der Waals surface area contributed by atoms with Crippen molar-refractivity contribution in [2.75, 3.05) is 5.32 Å². The Labute approximate surface area is 126 Å². The van der Waals surface area contributed by atoms with Crippen LogP contribution in [0.2, 0.25) is 0 Å². The third-order valence-corrected chi connectivity index (χ3v) is 4.36. The normalized spacial score (nSPS) is 12.4. The fraction of sp³-hybridized carbons (Fsp3) is 0.385. The molecule has 112 valence electrons. The number of thioether (sulfide) groups is 1. The van der Waals surface area contributed by atoms with Crippen LogP contribution in [0.1, 0.15) is 13.8 Å². The first kappa shape index (κ1) is 15.4. The van der Waals surface area contributed by atoms with E-state index in [0.717, 1.165) is 0 Å². The number of nitrogens with one attached hydrogen (secondary N) is 1. The molecule has 6 nitrogen and oxygen atoms in total. The molecule has 1 aromatic heterocycles. The average Bonchev–Trinajstić information content (AvgIpc) is 2.83. The number of benzene rings is 1. The number of hydrogen-bond acceptors (Lipinski definition) is 5. The van der Waals surface area contributed by atoms with E-state index in [4.69, 9.17) is 0 Å². The maximum Gasteiger partial charge on any atom is 0.238 e. The summed E-state index contributed by atoms with van der Waals surface area (Å²) >= 11 is 1.30. The number of aryl methyl sites for hydroxylation is 1. The fourth-order valence-corrected chi connectivity index (χ4v) is 2.61. The summed E-state index contributed by atoms with van der Waals surface area (Å²) < 4.78 is 14.4. The highest BCUT2D eigenvalue weighted by molar-refractivity contribution is 8.00. The first-order valence-corrected chi connectivity index (χ1v) is 7.31. The van der Waals surface area contributed by atoms with Crippen molar-refractivity contribution < 1.29 is 9.18 Å². The molecule has 0 spiro atoms. The van der Waals surface area contributed by atoms with Crippen molar-refractivity contribution in [3.05, 3.63) is 30.1 Å². The summed E-state index contributed by atoms with van der Waals surface area (Å²) in [6.07, 6.45) is 0. The van der Waals surface area contributed by atoms with Crippen LogP contribution in [0.15, 0.2) is 29.4 Å². The van der Waals surface area contributed by atoms with E-state index in [-0.39, 0.29) is 22.9 Å².